The summed E-state index contributed by atoms with van der Waals surface area (Å²) in [6, 6.07) is 0. The van der Waals surface area contributed by atoms with Crippen LogP contribution in [-0.2, 0) is 19.1 Å². The molecule has 0 bridgehead atoms. The van der Waals surface area contributed by atoms with E-state index in [2.05, 4.69) is 57.4 Å². The second-order valence-electron chi connectivity index (χ2n) is 9.34. The third-order valence-corrected chi connectivity index (χ3v) is 22.3. The number of halogens is 2. The average molecular weight is 634 g/mol. The van der Waals surface area contributed by atoms with Crippen molar-refractivity contribution in [2.45, 2.75) is 80.9 Å². The van der Waals surface area contributed by atoms with Gasteiger partial charge in [0.1, 0.15) is 0 Å². The van der Waals surface area contributed by atoms with E-state index < -0.39 is 33.0 Å². The van der Waals surface area contributed by atoms with E-state index in [0.717, 1.165) is 12.3 Å². The third kappa shape index (κ3) is 3.37. The zero-order chi connectivity index (χ0) is 20.0. The average Bonchev–Trinajstić information content (AvgIpc) is 3.14. The summed E-state index contributed by atoms with van der Waals surface area (Å²) in [4.78, 5) is 0. The van der Waals surface area contributed by atoms with E-state index >= 15 is 0 Å². The molecule has 149 valence electrons. The van der Waals surface area contributed by atoms with Crippen molar-refractivity contribution in [1.29, 1.82) is 0 Å². The van der Waals surface area contributed by atoms with Gasteiger partial charge in [0.05, 0.1) is 0 Å². The van der Waals surface area contributed by atoms with Gasteiger partial charge in [0.2, 0.25) is 0 Å². The molecule has 3 aliphatic carbocycles. The van der Waals surface area contributed by atoms with Crippen molar-refractivity contribution in [2.24, 2.45) is 17.3 Å². The van der Waals surface area contributed by atoms with Crippen LogP contribution in [0.4, 0.5) is 0 Å². The first-order chi connectivity index (χ1) is 12.7. The number of hydrogen-bond acceptors (Lipinski definition) is 0. The fourth-order valence-corrected chi connectivity index (χ4v) is 25.3. The Morgan fingerprint density at radius 1 is 1.26 bits per heavy atom. The van der Waals surface area contributed by atoms with Gasteiger partial charge >= 0.3 is 188 Å². The first-order valence-corrected chi connectivity index (χ1v) is 26.6. The van der Waals surface area contributed by atoms with Crippen LogP contribution in [0.1, 0.15) is 66.2 Å². The molecule has 0 radical (unpaired) electrons. The quantitative estimate of drug-likeness (QED) is 0.275. The molecule has 0 nitrogen and oxygen atoms in total. The van der Waals surface area contributed by atoms with Crippen LogP contribution in [0.3, 0.4) is 0 Å². The van der Waals surface area contributed by atoms with E-state index in [1.54, 1.807) is 16.7 Å². The van der Waals surface area contributed by atoms with Crippen LogP contribution in [0.5, 0.6) is 0 Å². The first kappa shape index (κ1) is 22.8. The van der Waals surface area contributed by atoms with Crippen LogP contribution in [0.2, 0.25) is 14.7 Å². The summed E-state index contributed by atoms with van der Waals surface area (Å²) >= 11 is -4.21. The first-order valence-electron chi connectivity index (χ1n) is 10.7. The fraction of sp³-hybridized carbons (Fsp3) is 0.696. The Morgan fingerprint density at radius 2 is 1.96 bits per heavy atom. The van der Waals surface area contributed by atoms with Gasteiger partial charge in [-0.1, -0.05) is 0 Å². The van der Waals surface area contributed by atoms with Crippen LogP contribution in [0, 0.1) is 17.3 Å². The van der Waals surface area contributed by atoms with Crippen LogP contribution in [0.25, 0.3) is 0 Å². The summed E-state index contributed by atoms with van der Waals surface area (Å²) in [6.45, 7) is 9.90. The van der Waals surface area contributed by atoms with Gasteiger partial charge in [0.15, 0.2) is 0 Å². The zero-order valence-corrected chi connectivity index (χ0v) is 25.1. The molecule has 0 heterocycles. The van der Waals surface area contributed by atoms with E-state index in [1.807, 2.05) is 4.35 Å². The molecule has 4 atom stereocenters. The van der Waals surface area contributed by atoms with E-state index in [-0.39, 0.29) is 8.59 Å². The molecular formula is C23H35Cl2GeHf. The van der Waals surface area contributed by atoms with Crippen molar-refractivity contribution < 1.29 is 19.1 Å². The molecule has 0 N–H and O–H groups in total. The number of allylic oxidation sites excluding steroid dienone is 6. The standard InChI is InChI=1S/C23H35Ge.2ClH.Hf/c1-7-15-23(4)21(18-12-8-9-13-18)19-14-10-11-16(2)17(3)20(19)22(23)24(5)6;;;/h8-9,12,16-17H,7,10-11,13-15H2,1-6H3;2*1H;/q;;;+2/p-2. The molecule has 4 heteroatoms. The molecule has 0 aromatic carbocycles. The Kier molecular flexibility index (Phi) is 7.31. The summed E-state index contributed by atoms with van der Waals surface area (Å²) < 4.78 is 1.88. The zero-order valence-electron chi connectivity index (χ0n) is 17.9. The minimum absolute atomic E-state index is 0.00748. The van der Waals surface area contributed by atoms with Crippen LogP contribution in [0.15, 0.2) is 34.9 Å². The van der Waals surface area contributed by atoms with Gasteiger partial charge in [-0.2, -0.15) is 0 Å². The molecule has 0 aliphatic heterocycles. The van der Waals surface area contributed by atoms with Gasteiger partial charge in [-0.25, -0.2) is 0 Å². The molecule has 3 rings (SSSR count). The van der Waals surface area contributed by atoms with Gasteiger partial charge in [0, 0.05) is 0 Å². The Bertz CT molecular complexity index is 729. The molecule has 4 unspecified atom stereocenters. The van der Waals surface area contributed by atoms with Crippen LogP contribution >= 0.6 is 17.2 Å². The Balaban J connectivity index is 2.40. The molecule has 0 aromatic rings. The van der Waals surface area contributed by atoms with Crippen molar-refractivity contribution in [2.75, 3.05) is 0 Å². The second kappa shape index (κ2) is 8.68. The predicted octanol–water partition coefficient (Wildman–Crippen LogP) is 8.04. The maximum atomic E-state index is 7.25. The molecule has 27 heavy (non-hydrogen) atoms. The van der Waals surface area contributed by atoms with Gasteiger partial charge in [-0.3, -0.25) is 0 Å². The predicted molar refractivity (Wildman–Crippen MR) is 121 cm³/mol. The Hall–Kier alpha value is 1.08. The van der Waals surface area contributed by atoms with E-state index in [0.29, 0.717) is 5.92 Å². The van der Waals surface area contributed by atoms with Gasteiger partial charge in [-0.05, 0) is 0 Å². The summed E-state index contributed by atoms with van der Waals surface area (Å²) in [7, 11) is 14.5. The van der Waals surface area contributed by atoms with Crippen molar-refractivity contribution in [3.8, 4) is 0 Å². The molecule has 0 saturated heterocycles. The van der Waals surface area contributed by atoms with Crippen LogP contribution < -0.4 is 0 Å². The second-order valence-corrected chi connectivity index (χ2v) is 26.9. The molecule has 3 aliphatic rings. The number of rotatable bonds is 4. The Labute approximate surface area is 186 Å². The normalized spacial score (nSPS) is 36.0. The maximum absolute atomic E-state index is 7.25. The SMILES string of the molecule is CCCC1(C)[C](=[Ge]([CH3])[CH3])C2=C(CCCC(C)C2C)[C]1(C1=CC=CC1)[Hf]([Cl])[Cl]. The summed E-state index contributed by atoms with van der Waals surface area (Å²) in [5.74, 6) is 6.57. The van der Waals surface area contributed by atoms with Crippen molar-refractivity contribution >= 4 is 35.4 Å². The van der Waals surface area contributed by atoms with E-state index in [9.17, 15) is 0 Å². The van der Waals surface area contributed by atoms with Gasteiger partial charge in [0.25, 0.3) is 0 Å². The third-order valence-electron chi connectivity index (χ3n) is 7.61. The van der Waals surface area contributed by atoms with Crippen molar-refractivity contribution in [3.05, 3.63) is 34.9 Å². The molecular weight excluding hydrogens is 598 g/mol. The minimum atomic E-state index is -2.90. The van der Waals surface area contributed by atoms with E-state index in [1.165, 1.54) is 32.1 Å². The summed E-state index contributed by atoms with van der Waals surface area (Å²) in [6.07, 6.45) is 14.3. The van der Waals surface area contributed by atoms with Gasteiger partial charge in [-0.15, -0.1) is 0 Å². The van der Waals surface area contributed by atoms with Gasteiger partial charge < -0.3 is 0 Å². The van der Waals surface area contributed by atoms with Crippen LogP contribution in [-0.4, -0.2) is 18.3 Å². The van der Waals surface area contributed by atoms with E-state index in [4.69, 9.17) is 17.2 Å². The number of hydrogen-bond donors (Lipinski definition) is 0. The topological polar surface area (TPSA) is 0 Å². The van der Waals surface area contributed by atoms with Crippen molar-refractivity contribution in [1.82, 2.24) is 0 Å². The molecule has 0 aromatic heterocycles. The van der Waals surface area contributed by atoms with Crippen molar-refractivity contribution in [3.63, 3.8) is 0 Å². The Morgan fingerprint density at radius 3 is 2.48 bits per heavy atom. The summed E-state index contributed by atoms with van der Waals surface area (Å²) in [5, 5.41) is 0. The molecule has 0 saturated carbocycles. The molecule has 0 spiro atoms. The monoisotopic (exact) mass is 635 g/mol. The summed E-state index contributed by atoms with van der Waals surface area (Å²) in [5.41, 5.74) is 5.23. The molecule has 0 amide bonds. The molecule has 0 fully saturated rings. The fourth-order valence-electron chi connectivity index (χ4n) is 6.48.